The summed E-state index contributed by atoms with van der Waals surface area (Å²) in [6, 6.07) is 12.1. The van der Waals surface area contributed by atoms with Crippen molar-refractivity contribution in [3.63, 3.8) is 0 Å². The van der Waals surface area contributed by atoms with Gasteiger partial charge in [-0.3, -0.25) is 0 Å². The Morgan fingerprint density at radius 1 is 0.815 bits per heavy atom. The summed E-state index contributed by atoms with van der Waals surface area (Å²) in [6.07, 6.45) is 7.21. The molecule has 0 saturated heterocycles. The molecule has 0 saturated carbocycles. The molecule has 0 amide bonds. The lowest BCUT2D eigenvalue weighted by Crippen LogP contribution is -2.45. The van der Waals surface area contributed by atoms with Crippen molar-refractivity contribution in [2.75, 3.05) is 0 Å². The summed E-state index contributed by atoms with van der Waals surface area (Å²) in [4.78, 5) is 0. The zero-order chi connectivity index (χ0) is 20.0. The van der Waals surface area contributed by atoms with E-state index < -0.39 is 16.1 Å². The van der Waals surface area contributed by atoms with Crippen LogP contribution in [-0.4, -0.2) is 16.1 Å². The summed E-state index contributed by atoms with van der Waals surface area (Å²) in [6.45, 7) is 19.3. The molecular formula is C25H35Si2. The number of rotatable bonds is 5. The Morgan fingerprint density at radius 3 is 1.93 bits per heavy atom. The summed E-state index contributed by atoms with van der Waals surface area (Å²) >= 11 is 0. The highest BCUT2D eigenvalue weighted by Gasteiger charge is 2.25. The standard InChI is InChI=1S/C25H35Si2/c1-9-10-19-13-20-12-11-18(2)25(24(20)14-19)21-15-22(26(3,4)5)17-23(16-21)27(6,7)8/h11-17H,9-10H2,1-8H3. The van der Waals surface area contributed by atoms with Crippen molar-refractivity contribution in [1.29, 1.82) is 0 Å². The minimum absolute atomic E-state index is 1.17. The van der Waals surface area contributed by atoms with Gasteiger partial charge in [0, 0.05) is 6.42 Å². The molecule has 0 nitrogen and oxygen atoms in total. The third kappa shape index (κ3) is 4.22. The monoisotopic (exact) mass is 391 g/mol. The van der Waals surface area contributed by atoms with Crippen LogP contribution >= 0.6 is 0 Å². The first-order chi connectivity index (χ1) is 12.5. The summed E-state index contributed by atoms with van der Waals surface area (Å²) in [5.41, 5.74) is 8.59. The second-order valence-electron chi connectivity index (χ2n) is 10.2. The molecule has 0 spiro atoms. The Hall–Kier alpha value is -1.39. The van der Waals surface area contributed by atoms with Gasteiger partial charge in [0.2, 0.25) is 0 Å². The van der Waals surface area contributed by atoms with Gasteiger partial charge in [0.15, 0.2) is 0 Å². The van der Waals surface area contributed by atoms with E-state index in [9.17, 15) is 0 Å². The first-order valence-corrected chi connectivity index (χ1v) is 17.4. The Balaban J connectivity index is 2.25. The van der Waals surface area contributed by atoms with Crippen LogP contribution in [0.4, 0.5) is 0 Å². The van der Waals surface area contributed by atoms with Crippen LogP contribution in [0.25, 0.3) is 17.2 Å². The Kier molecular flexibility index (Phi) is 5.44. The number of hydrogen-bond donors (Lipinski definition) is 0. The van der Waals surface area contributed by atoms with E-state index in [0.29, 0.717) is 0 Å². The van der Waals surface area contributed by atoms with Crippen molar-refractivity contribution >= 4 is 32.6 Å². The van der Waals surface area contributed by atoms with E-state index in [1.807, 2.05) is 0 Å². The molecule has 0 bridgehead atoms. The molecule has 143 valence electrons. The molecule has 0 aromatic heterocycles. The number of fused-ring (bicyclic) bond motifs is 1. The minimum atomic E-state index is -1.38. The van der Waals surface area contributed by atoms with Crippen molar-refractivity contribution in [1.82, 2.24) is 0 Å². The van der Waals surface area contributed by atoms with Crippen LogP contribution in [0, 0.1) is 13.3 Å². The maximum absolute atomic E-state index is 2.53. The molecule has 0 unspecified atom stereocenters. The van der Waals surface area contributed by atoms with Gasteiger partial charge in [0.1, 0.15) is 0 Å². The van der Waals surface area contributed by atoms with Gasteiger partial charge in [-0.2, -0.15) is 0 Å². The fraction of sp³-hybridized carbons (Fsp3) is 0.400. The van der Waals surface area contributed by atoms with Crippen molar-refractivity contribution in [3.8, 4) is 11.1 Å². The molecule has 0 aliphatic heterocycles. The quantitative estimate of drug-likeness (QED) is 0.510. The van der Waals surface area contributed by atoms with Gasteiger partial charge >= 0.3 is 0 Å². The fourth-order valence-electron chi connectivity index (χ4n) is 3.91. The number of hydrogen-bond acceptors (Lipinski definition) is 0. The Labute approximate surface area is 168 Å². The molecule has 2 aromatic carbocycles. The maximum Gasteiger partial charge on any atom is 0.0776 e. The third-order valence-electron chi connectivity index (χ3n) is 5.65. The van der Waals surface area contributed by atoms with E-state index in [1.165, 1.54) is 46.2 Å². The molecule has 1 radical (unpaired) electrons. The normalized spacial score (nSPS) is 14.3. The van der Waals surface area contributed by atoms with Gasteiger partial charge in [0.25, 0.3) is 0 Å². The molecule has 27 heavy (non-hydrogen) atoms. The van der Waals surface area contributed by atoms with Crippen LogP contribution < -0.4 is 10.4 Å². The molecule has 0 N–H and O–H groups in total. The molecule has 0 heterocycles. The summed E-state index contributed by atoms with van der Waals surface area (Å²) < 4.78 is 0. The van der Waals surface area contributed by atoms with Gasteiger partial charge in [-0.1, -0.05) is 105 Å². The van der Waals surface area contributed by atoms with Crippen molar-refractivity contribution in [2.45, 2.75) is 66.0 Å². The van der Waals surface area contributed by atoms with Gasteiger partial charge < -0.3 is 0 Å². The lowest BCUT2D eigenvalue weighted by molar-refractivity contribution is 0.924. The second-order valence-corrected chi connectivity index (χ2v) is 20.3. The molecule has 1 aliphatic carbocycles. The first-order valence-electron chi connectivity index (χ1n) is 10.4. The van der Waals surface area contributed by atoms with Crippen molar-refractivity contribution in [2.24, 2.45) is 0 Å². The SMILES string of the molecule is CCCC1=Cc2c(ccc(C)c2-c2cc([Si](C)(C)C)cc([Si](C)(C)C)c2)[CH]1. The predicted octanol–water partition coefficient (Wildman–Crippen LogP) is 6.50. The van der Waals surface area contributed by atoms with Crippen LogP contribution in [0.15, 0.2) is 35.9 Å². The molecule has 0 fully saturated rings. The number of benzene rings is 2. The van der Waals surface area contributed by atoms with E-state index in [0.717, 1.165) is 0 Å². The van der Waals surface area contributed by atoms with Crippen molar-refractivity contribution < 1.29 is 0 Å². The fourth-order valence-corrected chi connectivity index (χ4v) is 6.41. The topological polar surface area (TPSA) is 0 Å². The van der Waals surface area contributed by atoms with Gasteiger partial charge in [-0.25, -0.2) is 0 Å². The average molecular weight is 392 g/mol. The van der Waals surface area contributed by atoms with E-state index in [4.69, 9.17) is 0 Å². The van der Waals surface area contributed by atoms with E-state index in [1.54, 1.807) is 10.4 Å². The maximum atomic E-state index is 2.53. The summed E-state index contributed by atoms with van der Waals surface area (Å²) in [7, 11) is -2.76. The van der Waals surface area contributed by atoms with Crippen molar-refractivity contribution in [3.05, 3.63) is 59.0 Å². The van der Waals surface area contributed by atoms with Gasteiger partial charge in [-0.05, 0) is 41.2 Å². The van der Waals surface area contributed by atoms with Crippen LogP contribution in [0.3, 0.4) is 0 Å². The van der Waals surface area contributed by atoms with E-state index in [-0.39, 0.29) is 0 Å². The molecule has 3 rings (SSSR count). The molecule has 2 heteroatoms. The third-order valence-corrected chi connectivity index (χ3v) is 9.69. The molecule has 2 aromatic rings. The molecular weight excluding hydrogens is 356 g/mol. The highest BCUT2D eigenvalue weighted by Crippen LogP contribution is 2.38. The van der Waals surface area contributed by atoms with Crippen LogP contribution in [0.1, 0.15) is 36.5 Å². The first kappa shape index (κ1) is 20.4. The highest BCUT2D eigenvalue weighted by atomic mass is 28.3. The van der Waals surface area contributed by atoms with E-state index in [2.05, 4.69) is 96.0 Å². The Morgan fingerprint density at radius 2 is 1.41 bits per heavy atom. The lowest BCUT2D eigenvalue weighted by atomic mass is 9.93. The summed E-state index contributed by atoms with van der Waals surface area (Å²) in [5.74, 6) is 0. The zero-order valence-electron chi connectivity index (χ0n) is 18.5. The predicted molar refractivity (Wildman–Crippen MR) is 129 cm³/mol. The molecule has 1 aliphatic rings. The zero-order valence-corrected chi connectivity index (χ0v) is 20.5. The van der Waals surface area contributed by atoms with Crippen LogP contribution in [-0.2, 0) is 0 Å². The van der Waals surface area contributed by atoms with Crippen LogP contribution in [0.2, 0.25) is 39.3 Å². The van der Waals surface area contributed by atoms with Gasteiger partial charge in [0.05, 0.1) is 16.1 Å². The lowest BCUT2D eigenvalue weighted by Gasteiger charge is -2.25. The largest absolute Gasteiger partial charge is 0.0776 e. The molecule has 0 atom stereocenters. The smallest absolute Gasteiger partial charge is 0.0656 e. The highest BCUT2D eigenvalue weighted by molar-refractivity contribution is 6.91. The van der Waals surface area contributed by atoms with Gasteiger partial charge in [-0.15, -0.1) is 0 Å². The summed E-state index contributed by atoms with van der Waals surface area (Å²) in [5, 5.41) is 3.18. The number of allylic oxidation sites excluding steroid dienone is 1. The van der Waals surface area contributed by atoms with Crippen LogP contribution in [0.5, 0.6) is 0 Å². The number of aryl methyl sites for hydroxylation is 1. The Bertz CT molecular complexity index is 858. The second kappa shape index (κ2) is 7.22. The van der Waals surface area contributed by atoms with E-state index >= 15 is 0 Å². The average Bonchev–Trinajstić information content (AvgIpc) is 2.95. The minimum Gasteiger partial charge on any atom is -0.0656 e.